The van der Waals surface area contributed by atoms with E-state index in [0.717, 1.165) is 58.2 Å². The number of halogens is 2. The van der Waals surface area contributed by atoms with Gasteiger partial charge in [0.25, 0.3) is 0 Å². The maximum atomic E-state index is 13.8. The number of ether oxygens (including phenoxy) is 1. The lowest BCUT2D eigenvalue weighted by molar-refractivity contribution is -0.0274. The van der Waals surface area contributed by atoms with Gasteiger partial charge in [-0.15, -0.1) is 12.4 Å². The van der Waals surface area contributed by atoms with Gasteiger partial charge in [-0.1, -0.05) is 0 Å². The summed E-state index contributed by atoms with van der Waals surface area (Å²) in [4.78, 5) is 15.1. The number of benzene rings is 1. The predicted octanol–water partition coefficient (Wildman–Crippen LogP) is 4.84. The Morgan fingerprint density at radius 2 is 1.86 bits per heavy atom. The minimum atomic E-state index is -0.373. The number of aryl methyl sites for hydroxylation is 1. The SMILES string of the molecule is CCO[C@H]1CC[C@](C)(N2CCC(n3c(=O)oc4cc(F)c(C)cc43)CC2)CC1.Cl. The van der Waals surface area contributed by atoms with Gasteiger partial charge in [0.05, 0.1) is 11.6 Å². The molecule has 1 aromatic carbocycles. The van der Waals surface area contributed by atoms with Crippen molar-refractivity contribution in [3.05, 3.63) is 34.1 Å². The third-order valence-electron chi connectivity index (χ3n) is 6.90. The first-order chi connectivity index (χ1) is 13.4. The lowest BCUT2D eigenvalue weighted by Gasteiger charge is -2.48. The molecule has 1 aromatic heterocycles. The zero-order valence-corrected chi connectivity index (χ0v) is 18.4. The molecule has 1 saturated heterocycles. The minimum absolute atomic E-state index is 0. The fourth-order valence-corrected chi connectivity index (χ4v) is 5.10. The van der Waals surface area contributed by atoms with Crippen LogP contribution in [-0.4, -0.2) is 40.8 Å². The number of likely N-dealkylation sites (tertiary alicyclic amines) is 1. The number of hydrogen-bond donors (Lipinski definition) is 0. The van der Waals surface area contributed by atoms with Gasteiger partial charge in [0, 0.05) is 37.3 Å². The molecular weight excluding hydrogens is 395 g/mol. The monoisotopic (exact) mass is 426 g/mol. The number of rotatable bonds is 4. The van der Waals surface area contributed by atoms with Gasteiger partial charge < -0.3 is 9.15 Å². The Hall–Kier alpha value is -1.37. The number of piperidine rings is 1. The highest BCUT2D eigenvalue weighted by atomic mass is 35.5. The molecule has 0 N–H and O–H groups in total. The Labute approximate surface area is 177 Å². The highest BCUT2D eigenvalue weighted by molar-refractivity contribution is 5.85. The molecule has 5 nitrogen and oxygen atoms in total. The van der Waals surface area contributed by atoms with Crippen molar-refractivity contribution >= 4 is 23.5 Å². The van der Waals surface area contributed by atoms with Crippen molar-refractivity contribution in [2.24, 2.45) is 0 Å². The molecule has 1 saturated carbocycles. The van der Waals surface area contributed by atoms with Crippen LogP contribution in [0, 0.1) is 12.7 Å². The van der Waals surface area contributed by atoms with Crippen LogP contribution in [0.4, 0.5) is 4.39 Å². The van der Waals surface area contributed by atoms with E-state index in [4.69, 9.17) is 9.15 Å². The van der Waals surface area contributed by atoms with E-state index in [0.29, 0.717) is 22.8 Å². The summed E-state index contributed by atoms with van der Waals surface area (Å²) in [5.41, 5.74) is 1.82. The topological polar surface area (TPSA) is 47.6 Å². The van der Waals surface area contributed by atoms with Crippen LogP contribution in [0.1, 0.15) is 64.0 Å². The molecule has 0 atom stereocenters. The van der Waals surface area contributed by atoms with Crippen LogP contribution in [-0.2, 0) is 4.74 Å². The summed E-state index contributed by atoms with van der Waals surface area (Å²) < 4.78 is 26.7. The van der Waals surface area contributed by atoms with Gasteiger partial charge in [-0.2, -0.15) is 0 Å². The summed E-state index contributed by atoms with van der Waals surface area (Å²) in [6.07, 6.45) is 6.81. The molecule has 1 aliphatic carbocycles. The van der Waals surface area contributed by atoms with Gasteiger partial charge in [0.2, 0.25) is 0 Å². The molecule has 2 fully saturated rings. The molecule has 162 valence electrons. The molecule has 7 heteroatoms. The van der Waals surface area contributed by atoms with Crippen LogP contribution in [0.2, 0.25) is 0 Å². The number of nitrogens with zero attached hydrogens (tertiary/aromatic N) is 2. The van der Waals surface area contributed by atoms with E-state index < -0.39 is 0 Å². The van der Waals surface area contributed by atoms with Crippen molar-refractivity contribution in [3.8, 4) is 0 Å². The molecule has 2 heterocycles. The van der Waals surface area contributed by atoms with Gasteiger partial charge in [-0.05, 0) is 70.9 Å². The standard InChI is InChI=1S/C22H31FN2O3.ClH/c1-4-27-17-5-9-22(3,10-6-17)24-11-7-16(8-12-24)25-19-13-15(2)18(23)14-20(19)28-21(25)26;/h13-14,16-17H,4-12H2,1-3H3;1H/t17-,22-;. The van der Waals surface area contributed by atoms with E-state index in [-0.39, 0.29) is 35.6 Å². The second kappa shape index (κ2) is 8.78. The average Bonchev–Trinajstić information content (AvgIpc) is 2.99. The van der Waals surface area contributed by atoms with Crippen LogP contribution in [0.5, 0.6) is 0 Å². The van der Waals surface area contributed by atoms with Crippen LogP contribution >= 0.6 is 12.4 Å². The van der Waals surface area contributed by atoms with E-state index >= 15 is 0 Å². The summed E-state index contributed by atoms with van der Waals surface area (Å²) in [6, 6.07) is 3.17. The highest BCUT2D eigenvalue weighted by Gasteiger charge is 2.38. The van der Waals surface area contributed by atoms with Crippen LogP contribution < -0.4 is 5.76 Å². The minimum Gasteiger partial charge on any atom is -0.408 e. The Kier molecular flexibility index (Phi) is 6.76. The van der Waals surface area contributed by atoms with Crippen molar-refractivity contribution < 1.29 is 13.5 Å². The Bertz CT molecular complexity index is 893. The fraction of sp³-hybridized carbons (Fsp3) is 0.682. The Morgan fingerprint density at radius 3 is 2.48 bits per heavy atom. The van der Waals surface area contributed by atoms with Gasteiger partial charge in [0.1, 0.15) is 5.82 Å². The molecule has 0 amide bonds. The molecule has 0 bridgehead atoms. The van der Waals surface area contributed by atoms with Gasteiger partial charge in [-0.3, -0.25) is 9.47 Å². The van der Waals surface area contributed by atoms with Crippen molar-refractivity contribution in [2.75, 3.05) is 19.7 Å². The lowest BCUT2D eigenvalue weighted by atomic mass is 9.79. The molecule has 2 aliphatic rings. The summed E-state index contributed by atoms with van der Waals surface area (Å²) in [7, 11) is 0. The maximum Gasteiger partial charge on any atom is 0.420 e. The van der Waals surface area contributed by atoms with E-state index in [2.05, 4.69) is 18.7 Å². The zero-order chi connectivity index (χ0) is 19.9. The van der Waals surface area contributed by atoms with Gasteiger partial charge in [0.15, 0.2) is 5.58 Å². The first-order valence-electron chi connectivity index (χ1n) is 10.6. The largest absolute Gasteiger partial charge is 0.420 e. The highest BCUT2D eigenvalue weighted by Crippen LogP contribution is 2.38. The Balaban J connectivity index is 0.00000240. The number of fused-ring (bicyclic) bond motifs is 1. The normalized spacial score (nSPS) is 26.6. The van der Waals surface area contributed by atoms with Gasteiger partial charge in [-0.25, -0.2) is 9.18 Å². The van der Waals surface area contributed by atoms with E-state index in [9.17, 15) is 9.18 Å². The average molecular weight is 427 g/mol. The first kappa shape index (κ1) is 22.3. The summed E-state index contributed by atoms with van der Waals surface area (Å²) in [5, 5.41) is 0. The van der Waals surface area contributed by atoms with Crippen molar-refractivity contribution in [3.63, 3.8) is 0 Å². The first-order valence-corrected chi connectivity index (χ1v) is 10.6. The molecular formula is C22H32ClFN2O3. The quantitative estimate of drug-likeness (QED) is 0.701. The molecule has 0 spiro atoms. The number of aromatic nitrogens is 1. The molecule has 4 rings (SSSR count). The lowest BCUT2D eigenvalue weighted by Crippen LogP contribution is -2.52. The second-order valence-electron chi connectivity index (χ2n) is 8.68. The zero-order valence-electron chi connectivity index (χ0n) is 17.6. The van der Waals surface area contributed by atoms with Crippen molar-refractivity contribution in [2.45, 2.75) is 77.0 Å². The molecule has 29 heavy (non-hydrogen) atoms. The molecule has 1 aliphatic heterocycles. The smallest absolute Gasteiger partial charge is 0.408 e. The molecule has 0 unspecified atom stereocenters. The predicted molar refractivity (Wildman–Crippen MR) is 115 cm³/mol. The summed E-state index contributed by atoms with van der Waals surface area (Å²) >= 11 is 0. The molecule has 2 aromatic rings. The van der Waals surface area contributed by atoms with E-state index in [1.165, 1.54) is 6.07 Å². The molecule has 0 radical (unpaired) electrons. The third-order valence-corrected chi connectivity index (χ3v) is 6.90. The summed E-state index contributed by atoms with van der Waals surface area (Å²) in [6.45, 7) is 8.90. The maximum absolute atomic E-state index is 13.8. The van der Waals surface area contributed by atoms with Gasteiger partial charge >= 0.3 is 5.76 Å². The van der Waals surface area contributed by atoms with Crippen molar-refractivity contribution in [1.82, 2.24) is 9.47 Å². The van der Waals surface area contributed by atoms with Crippen LogP contribution in [0.15, 0.2) is 21.3 Å². The van der Waals surface area contributed by atoms with Crippen molar-refractivity contribution in [1.29, 1.82) is 0 Å². The van der Waals surface area contributed by atoms with Crippen LogP contribution in [0.25, 0.3) is 11.1 Å². The van der Waals surface area contributed by atoms with Crippen LogP contribution in [0.3, 0.4) is 0 Å². The Morgan fingerprint density at radius 1 is 1.21 bits per heavy atom. The van der Waals surface area contributed by atoms with E-state index in [1.807, 2.05) is 0 Å². The third kappa shape index (κ3) is 4.25. The van der Waals surface area contributed by atoms with E-state index in [1.54, 1.807) is 17.6 Å². The fourth-order valence-electron chi connectivity index (χ4n) is 5.10. The second-order valence-corrected chi connectivity index (χ2v) is 8.68. The summed E-state index contributed by atoms with van der Waals surface area (Å²) in [5.74, 6) is -0.708. The number of oxazole rings is 1. The number of hydrogen-bond acceptors (Lipinski definition) is 4.